The highest BCUT2D eigenvalue weighted by Crippen LogP contribution is 2.44. The number of hydrogen-bond donors (Lipinski definition) is 2. The third-order valence-electron chi connectivity index (χ3n) is 5.10. The van der Waals surface area contributed by atoms with Gasteiger partial charge in [-0.3, -0.25) is 0 Å². The zero-order valence-electron chi connectivity index (χ0n) is 14.6. The first-order valence-corrected chi connectivity index (χ1v) is 8.90. The van der Waals surface area contributed by atoms with Crippen LogP contribution < -0.4 is 0 Å². The third kappa shape index (κ3) is 2.56. The normalized spacial score (nSPS) is 11.9. The number of benzene rings is 3. The zero-order chi connectivity index (χ0) is 18.4. The van der Waals surface area contributed by atoms with Gasteiger partial charge in [-0.15, -0.1) is 0 Å². The van der Waals surface area contributed by atoms with Crippen LogP contribution in [0.25, 0.3) is 33.6 Å². The summed E-state index contributed by atoms with van der Waals surface area (Å²) in [5.74, 6) is 0.440. The van der Waals surface area contributed by atoms with Gasteiger partial charge in [0.05, 0.1) is 11.4 Å². The van der Waals surface area contributed by atoms with Gasteiger partial charge in [-0.1, -0.05) is 48.5 Å². The smallest absolute Gasteiger partial charge is 0.124 e. The van der Waals surface area contributed by atoms with Crippen LogP contribution in [0.1, 0.15) is 11.1 Å². The highest BCUT2D eigenvalue weighted by Gasteiger charge is 2.25. The van der Waals surface area contributed by atoms with E-state index in [1.54, 1.807) is 24.3 Å². The second kappa shape index (κ2) is 5.99. The molecule has 0 bridgehead atoms. The molecular weight excluding hydrogens is 334 g/mol. The predicted octanol–water partition coefficient (Wildman–Crippen LogP) is 5.40. The molecule has 5 rings (SSSR count). The molecule has 0 atom stereocenters. The molecule has 1 aliphatic carbocycles. The number of hydrogen-bond acceptors (Lipinski definition) is 3. The molecule has 0 saturated carbocycles. The molecular formula is C24H17NO2. The molecule has 3 nitrogen and oxygen atoms in total. The molecule has 4 aromatic rings. The van der Waals surface area contributed by atoms with Crippen LogP contribution in [0.2, 0.25) is 0 Å². The number of fused-ring (bicyclic) bond motifs is 3. The summed E-state index contributed by atoms with van der Waals surface area (Å²) in [7, 11) is 0. The van der Waals surface area contributed by atoms with Gasteiger partial charge >= 0.3 is 0 Å². The Labute approximate surface area is 157 Å². The van der Waals surface area contributed by atoms with Crippen molar-refractivity contribution < 1.29 is 10.2 Å². The van der Waals surface area contributed by atoms with Crippen LogP contribution in [0.3, 0.4) is 0 Å². The highest BCUT2D eigenvalue weighted by molar-refractivity contribution is 5.86. The van der Waals surface area contributed by atoms with E-state index < -0.39 is 0 Å². The van der Waals surface area contributed by atoms with Gasteiger partial charge in [0.25, 0.3) is 0 Å². The summed E-state index contributed by atoms with van der Waals surface area (Å²) in [6.45, 7) is 0. The molecule has 0 radical (unpaired) electrons. The van der Waals surface area contributed by atoms with E-state index in [0.717, 1.165) is 45.6 Å². The number of phenolic OH excluding ortho intramolecular Hbond substituents is 2. The van der Waals surface area contributed by atoms with Gasteiger partial charge in [0.1, 0.15) is 11.5 Å². The van der Waals surface area contributed by atoms with Crippen molar-refractivity contribution in [2.24, 2.45) is 0 Å². The summed E-state index contributed by atoms with van der Waals surface area (Å²) in [4.78, 5) is 4.88. The van der Waals surface area contributed by atoms with Crippen molar-refractivity contribution in [2.75, 3.05) is 0 Å². The average Bonchev–Trinajstić information content (AvgIpc) is 3.06. The van der Waals surface area contributed by atoms with Crippen LogP contribution in [0.5, 0.6) is 11.5 Å². The summed E-state index contributed by atoms with van der Waals surface area (Å²) in [6, 6.07) is 25.0. The van der Waals surface area contributed by atoms with Crippen molar-refractivity contribution in [1.29, 1.82) is 0 Å². The van der Waals surface area contributed by atoms with Gasteiger partial charge < -0.3 is 10.2 Å². The maximum atomic E-state index is 10.3. The van der Waals surface area contributed by atoms with Gasteiger partial charge in [-0.25, -0.2) is 4.98 Å². The van der Waals surface area contributed by atoms with Crippen molar-refractivity contribution in [3.63, 3.8) is 0 Å². The quantitative estimate of drug-likeness (QED) is 0.448. The molecule has 27 heavy (non-hydrogen) atoms. The van der Waals surface area contributed by atoms with Crippen LogP contribution in [0.4, 0.5) is 0 Å². The molecule has 0 saturated heterocycles. The second-order valence-corrected chi connectivity index (χ2v) is 6.78. The number of rotatable bonds is 2. The minimum atomic E-state index is 0.207. The standard InChI is InChI=1S/C24H17NO2/c26-17-11-10-16-12-21-19(15-6-2-1-3-7-15)14-22(25-24(21)20(16)13-17)18-8-4-5-9-23(18)27/h1-11,13-14,26-27H,12H2. The fourth-order valence-corrected chi connectivity index (χ4v) is 3.81. The number of pyridine rings is 1. The number of aromatic nitrogens is 1. The van der Waals surface area contributed by atoms with Crippen molar-refractivity contribution in [3.05, 3.63) is 90.0 Å². The van der Waals surface area contributed by atoms with E-state index in [1.807, 2.05) is 36.4 Å². The third-order valence-corrected chi connectivity index (χ3v) is 5.10. The van der Waals surface area contributed by atoms with Crippen LogP contribution in [0.15, 0.2) is 78.9 Å². The number of para-hydroxylation sites is 1. The molecule has 1 aliphatic rings. The van der Waals surface area contributed by atoms with E-state index in [-0.39, 0.29) is 11.5 Å². The summed E-state index contributed by atoms with van der Waals surface area (Å²) in [5.41, 5.74) is 7.79. The molecule has 3 heteroatoms. The highest BCUT2D eigenvalue weighted by atomic mass is 16.3. The predicted molar refractivity (Wildman–Crippen MR) is 107 cm³/mol. The van der Waals surface area contributed by atoms with E-state index in [4.69, 9.17) is 4.98 Å². The van der Waals surface area contributed by atoms with E-state index in [1.165, 1.54) is 0 Å². The first-order valence-electron chi connectivity index (χ1n) is 8.90. The lowest BCUT2D eigenvalue weighted by molar-refractivity contribution is 0.475. The summed E-state index contributed by atoms with van der Waals surface area (Å²) >= 11 is 0. The lowest BCUT2D eigenvalue weighted by Gasteiger charge is -2.13. The van der Waals surface area contributed by atoms with Gasteiger partial charge in [0.15, 0.2) is 0 Å². The van der Waals surface area contributed by atoms with Crippen LogP contribution in [-0.2, 0) is 6.42 Å². The molecule has 130 valence electrons. The Balaban J connectivity index is 1.81. The number of nitrogens with zero attached hydrogens (tertiary/aromatic N) is 1. The maximum absolute atomic E-state index is 10.3. The Morgan fingerprint density at radius 2 is 1.48 bits per heavy atom. The van der Waals surface area contributed by atoms with Gasteiger partial charge in [0, 0.05) is 17.5 Å². The molecule has 1 aromatic heterocycles. The molecule has 0 spiro atoms. The average molecular weight is 351 g/mol. The number of phenols is 2. The summed E-state index contributed by atoms with van der Waals surface area (Å²) < 4.78 is 0. The molecule has 1 heterocycles. The van der Waals surface area contributed by atoms with Gasteiger partial charge in [-0.05, 0) is 52.6 Å². The minimum Gasteiger partial charge on any atom is -0.508 e. The molecule has 0 unspecified atom stereocenters. The lowest BCUT2D eigenvalue weighted by Crippen LogP contribution is -1.94. The molecule has 3 aromatic carbocycles. The van der Waals surface area contributed by atoms with Crippen molar-refractivity contribution in [3.8, 4) is 45.1 Å². The van der Waals surface area contributed by atoms with Crippen molar-refractivity contribution in [2.45, 2.75) is 6.42 Å². The van der Waals surface area contributed by atoms with Crippen LogP contribution in [0, 0.1) is 0 Å². The Kier molecular flexibility index (Phi) is 3.47. The molecule has 0 aliphatic heterocycles. The Bertz CT molecular complexity index is 1170. The SMILES string of the molecule is Oc1ccc2c(c1)-c1nc(-c3ccccc3O)cc(-c3ccccc3)c1C2. The molecule has 2 N–H and O–H groups in total. The molecule has 0 amide bonds. The summed E-state index contributed by atoms with van der Waals surface area (Å²) in [5, 5.41) is 20.3. The minimum absolute atomic E-state index is 0.207. The Morgan fingerprint density at radius 1 is 0.704 bits per heavy atom. The lowest BCUT2D eigenvalue weighted by atomic mass is 9.96. The van der Waals surface area contributed by atoms with Crippen LogP contribution >= 0.6 is 0 Å². The van der Waals surface area contributed by atoms with E-state index in [9.17, 15) is 10.2 Å². The molecule has 0 fully saturated rings. The monoisotopic (exact) mass is 351 g/mol. The first-order chi connectivity index (χ1) is 13.2. The van der Waals surface area contributed by atoms with Gasteiger partial charge in [-0.2, -0.15) is 0 Å². The van der Waals surface area contributed by atoms with Gasteiger partial charge in [0.2, 0.25) is 0 Å². The largest absolute Gasteiger partial charge is 0.508 e. The summed E-state index contributed by atoms with van der Waals surface area (Å²) in [6.07, 6.45) is 0.781. The number of aromatic hydroxyl groups is 2. The Morgan fingerprint density at radius 3 is 2.30 bits per heavy atom. The Hall–Kier alpha value is -3.59. The van der Waals surface area contributed by atoms with Crippen molar-refractivity contribution in [1.82, 2.24) is 4.98 Å². The maximum Gasteiger partial charge on any atom is 0.124 e. The van der Waals surface area contributed by atoms with E-state index in [2.05, 4.69) is 18.2 Å². The van der Waals surface area contributed by atoms with Crippen LogP contribution in [-0.4, -0.2) is 15.2 Å². The second-order valence-electron chi connectivity index (χ2n) is 6.78. The zero-order valence-corrected chi connectivity index (χ0v) is 14.6. The first kappa shape index (κ1) is 15.6. The van der Waals surface area contributed by atoms with E-state index >= 15 is 0 Å². The fourth-order valence-electron chi connectivity index (χ4n) is 3.81. The van der Waals surface area contributed by atoms with E-state index in [0.29, 0.717) is 5.56 Å². The van der Waals surface area contributed by atoms with Crippen molar-refractivity contribution >= 4 is 0 Å². The topological polar surface area (TPSA) is 53.4 Å². The fraction of sp³-hybridized carbons (Fsp3) is 0.0417.